The minimum Gasteiger partial charge on any atom is -0.469 e. The average Bonchev–Trinajstić information content (AvgIpc) is 2.37. The Morgan fingerprint density at radius 2 is 2.26 bits per heavy atom. The number of carbonyl (C=O) groups is 1. The van der Waals surface area contributed by atoms with Crippen molar-refractivity contribution in [3.63, 3.8) is 0 Å². The smallest absolute Gasteiger partial charge is 0.307 e. The van der Waals surface area contributed by atoms with E-state index in [4.69, 9.17) is 5.73 Å². The van der Waals surface area contributed by atoms with Gasteiger partial charge in [0, 0.05) is 12.1 Å². The Hall–Kier alpha value is -2.06. The molecule has 0 aliphatic rings. The van der Waals surface area contributed by atoms with Gasteiger partial charge in [-0.25, -0.2) is 0 Å². The van der Waals surface area contributed by atoms with E-state index < -0.39 is 34.5 Å². The van der Waals surface area contributed by atoms with Crippen molar-refractivity contribution in [2.75, 3.05) is 7.11 Å². The normalized spacial score (nSPS) is 13.7. The number of rotatable bonds is 5. The van der Waals surface area contributed by atoms with Gasteiger partial charge in [0.2, 0.25) is 5.82 Å². The Labute approximate surface area is 107 Å². The molecule has 0 saturated heterocycles. The summed E-state index contributed by atoms with van der Waals surface area (Å²) in [4.78, 5) is 20.7. The van der Waals surface area contributed by atoms with Crippen LogP contribution < -0.4 is 5.73 Å². The van der Waals surface area contributed by atoms with E-state index in [1.54, 1.807) is 0 Å². The first kappa shape index (κ1) is 15.0. The van der Waals surface area contributed by atoms with Crippen LogP contribution in [0.25, 0.3) is 0 Å². The van der Waals surface area contributed by atoms with Crippen molar-refractivity contribution >= 4 is 11.7 Å². The number of nitro benzene ring substituents is 1. The van der Waals surface area contributed by atoms with Crippen molar-refractivity contribution in [2.45, 2.75) is 18.6 Å². The summed E-state index contributed by atoms with van der Waals surface area (Å²) < 4.78 is 17.5. The van der Waals surface area contributed by atoms with Crippen molar-refractivity contribution < 1.29 is 24.0 Å². The van der Waals surface area contributed by atoms with Gasteiger partial charge in [-0.15, -0.1) is 0 Å². The number of hydrogen-bond acceptors (Lipinski definition) is 6. The van der Waals surface area contributed by atoms with Gasteiger partial charge in [0.25, 0.3) is 0 Å². The molecule has 0 saturated carbocycles. The molecule has 0 aromatic heterocycles. The summed E-state index contributed by atoms with van der Waals surface area (Å²) in [6.07, 6.45) is -1.60. The third-order valence-electron chi connectivity index (χ3n) is 2.54. The van der Waals surface area contributed by atoms with Crippen LogP contribution in [-0.2, 0) is 9.53 Å². The molecule has 3 N–H and O–H groups in total. The molecule has 19 heavy (non-hydrogen) atoms. The lowest BCUT2D eigenvalue weighted by atomic mass is 10.00. The van der Waals surface area contributed by atoms with Gasteiger partial charge in [-0.05, 0) is 11.6 Å². The molecule has 0 spiro atoms. The lowest BCUT2D eigenvalue weighted by Gasteiger charge is -2.17. The molecule has 1 rings (SSSR count). The third-order valence-corrected chi connectivity index (χ3v) is 2.54. The van der Waals surface area contributed by atoms with E-state index in [1.165, 1.54) is 13.2 Å². The number of carbonyl (C=O) groups excluding carboxylic acids is 1. The summed E-state index contributed by atoms with van der Waals surface area (Å²) >= 11 is 0. The molecule has 0 amide bonds. The zero-order valence-electron chi connectivity index (χ0n) is 10.1. The number of nitrogens with zero attached hydrogens (tertiary/aromatic N) is 1. The maximum Gasteiger partial charge on any atom is 0.307 e. The second kappa shape index (κ2) is 6.21. The lowest BCUT2D eigenvalue weighted by Crippen LogP contribution is -2.31. The van der Waals surface area contributed by atoms with Gasteiger partial charge in [0.05, 0.1) is 24.6 Å². The van der Waals surface area contributed by atoms with E-state index in [2.05, 4.69) is 4.74 Å². The molecule has 1 aromatic rings. The Kier molecular flexibility index (Phi) is 4.90. The fraction of sp³-hybridized carbons (Fsp3) is 0.364. The molecule has 0 bridgehead atoms. The minimum absolute atomic E-state index is 0.0597. The summed E-state index contributed by atoms with van der Waals surface area (Å²) in [6, 6.07) is 1.92. The highest BCUT2D eigenvalue weighted by Gasteiger charge is 2.23. The van der Waals surface area contributed by atoms with E-state index in [-0.39, 0.29) is 12.0 Å². The number of ether oxygens (including phenoxy) is 1. The predicted octanol–water partition coefficient (Wildman–Crippen LogP) is 0.658. The van der Waals surface area contributed by atoms with E-state index in [1.807, 2.05) is 0 Å². The van der Waals surface area contributed by atoms with Crippen LogP contribution in [0.15, 0.2) is 18.2 Å². The molecule has 0 radical (unpaired) electrons. The van der Waals surface area contributed by atoms with Crippen molar-refractivity contribution in [1.29, 1.82) is 0 Å². The standard InChI is InChI=1S/C11H13FN2O5/c1-19-10(15)5-8(13)11(16)6-2-3-7(12)9(4-6)14(17)18/h2-4,8,11,16H,5,13H2,1H3. The molecular formula is C11H13FN2O5. The van der Waals surface area contributed by atoms with E-state index >= 15 is 0 Å². The largest absolute Gasteiger partial charge is 0.469 e. The molecule has 0 heterocycles. The lowest BCUT2D eigenvalue weighted by molar-refractivity contribution is -0.387. The van der Waals surface area contributed by atoms with Gasteiger partial charge in [0.1, 0.15) is 0 Å². The van der Waals surface area contributed by atoms with Crippen LogP contribution in [0.4, 0.5) is 10.1 Å². The first-order valence-corrected chi connectivity index (χ1v) is 5.31. The number of esters is 1. The summed E-state index contributed by atoms with van der Waals surface area (Å²) in [5.74, 6) is -1.63. The quantitative estimate of drug-likeness (QED) is 0.462. The fourth-order valence-electron chi connectivity index (χ4n) is 1.49. The zero-order valence-corrected chi connectivity index (χ0v) is 10.1. The number of nitro groups is 1. The maximum absolute atomic E-state index is 13.1. The number of nitrogens with two attached hydrogens (primary N) is 1. The van der Waals surface area contributed by atoms with Crippen LogP contribution in [0.5, 0.6) is 0 Å². The molecule has 104 valence electrons. The summed E-state index contributed by atoms with van der Waals surface area (Å²) in [5, 5.41) is 20.4. The van der Waals surface area contributed by atoms with Crippen LogP contribution in [0.2, 0.25) is 0 Å². The second-order valence-corrected chi connectivity index (χ2v) is 3.86. The summed E-state index contributed by atoms with van der Waals surface area (Å²) in [6.45, 7) is 0. The van der Waals surface area contributed by atoms with Gasteiger partial charge in [-0.3, -0.25) is 14.9 Å². The number of halogens is 1. The van der Waals surface area contributed by atoms with Crippen molar-refractivity contribution in [3.8, 4) is 0 Å². The molecule has 0 aliphatic heterocycles. The predicted molar refractivity (Wildman–Crippen MR) is 62.6 cm³/mol. The van der Waals surface area contributed by atoms with Crippen LogP contribution in [0.1, 0.15) is 18.1 Å². The van der Waals surface area contributed by atoms with Crippen molar-refractivity contribution in [1.82, 2.24) is 0 Å². The molecule has 0 fully saturated rings. The SMILES string of the molecule is COC(=O)CC(N)C(O)c1ccc(F)c([N+](=O)[O-])c1. The number of methoxy groups -OCH3 is 1. The van der Waals surface area contributed by atoms with E-state index in [0.717, 1.165) is 12.1 Å². The Balaban J connectivity index is 2.93. The summed E-state index contributed by atoms with van der Waals surface area (Å²) in [5.41, 5.74) is 4.87. The number of benzene rings is 1. The van der Waals surface area contributed by atoms with Crippen LogP contribution in [0, 0.1) is 15.9 Å². The maximum atomic E-state index is 13.1. The molecular weight excluding hydrogens is 259 g/mol. The van der Waals surface area contributed by atoms with Crippen LogP contribution in [0.3, 0.4) is 0 Å². The van der Waals surface area contributed by atoms with E-state index in [0.29, 0.717) is 0 Å². The molecule has 2 atom stereocenters. The van der Waals surface area contributed by atoms with Gasteiger partial charge in [0.15, 0.2) is 0 Å². The molecule has 1 aromatic carbocycles. The highest BCUT2D eigenvalue weighted by Crippen LogP contribution is 2.24. The Morgan fingerprint density at radius 3 is 2.79 bits per heavy atom. The highest BCUT2D eigenvalue weighted by atomic mass is 19.1. The second-order valence-electron chi connectivity index (χ2n) is 3.86. The number of aliphatic hydroxyl groups is 1. The topological polar surface area (TPSA) is 116 Å². The molecule has 7 nitrogen and oxygen atoms in total. The molecule has 2 unspecified atom stereocenters. The summed E-state index contributed by atoms with van der Waals surface area (Å²) in [7, 11) is 1.17. The van der Waals surface area contributed by atoms with Gasteiger partial charge in [-0.1, -0.05) is 6.07 Å². The van der Waals surface area contributed by atoms with E-state index in [9.17, 15) is 24.4 Å². The first-order valence-electron chi connectivity index (χ1n) is 5.31. The average molecular weight is 272 g/mol. The zero-order chi connectivity index (χ0) is 14.6. The Morgan fingerprint density at radius 1 is 1.63 bits per heavy atom. The van der Waals surface area contributed by atoms with Crippen LogP contribution >= 0.6 is 0 Å². The Bertz CT molecular complexity index is 494. The fourth-order valence-corrected chi connectivity index (χ4v) is 1.49. The monoisotopic (exact) mass is 272 g/mol. The third kappa shape index (κ3) is 3.70. The van der Waals surface area contributed by atoms with Gasteiger partial charge >= 0.3 is 11.7 Å². The van der Waals surface area contributed by atoms with Crippen LogP contribution in [-0.4, -0.2) is 29.2 Å². The minimum atomic E-state index is -1.33. The first-order chi connectivity index (χ1) is 8.86. The highest BCUT2D eigenvalue weighted by molar-refractivity contribution is 5.70. The van der Waals surface area contributed by atoms with Crippen molar-refractivity contribution in [2.24, 2.45) is 5.73 Å². The number of hydrogen-bond donors (Lipinski definition) is 2. The van der Waals surface area contributed by atoms with Gasteiger partial charge in [-0.2, -0.15) is 4.39 Å². The number of aliphatic hydroxyl groups excluding tert-OH is 1. The van der Waals surface area contributed by atoms with Gasteiger partial charge < -0.3 is 15.6 Å². The van der Waals surface area contributed by atoms with Crippen molar-refractivity contribution in [3.05, 3.63) is 39.7 Å². The molecule has 8 heteroatoms. The molecule has 0 aliphatic carbocycles.